The van der Waals surface area contributed by atoms with Crippen LogP contribution in [-0.2, 0) is 17.3 Å². The Labute approximate surface area is 177 Å². The molecular formula is C19H18N4O5S2. The molecule has 30 heavy (non-hydrogen) atoms. The van der Waals surface area contributed by atoms with Crippen LogP contribution in [0.2, 0.25) is 0 Å². The molecule has 1 aromatic heterocycles. The summed E-state index contributed by atoms with van der Waals surface area (Å²) in [5, 5.41) is 12.4. The number of aromatic carboxylic acids is 1. The monoisotopic (exact) mass is 446 g/mol. The first-order valence-corrected chi connectivity index (χ1v) is 10.7. The molecule has 1 heterocycles. The molecule has 0 aliphatic rings. The Bertz CT molecular complexity index is 1130. The first-order valence-electron chi connectivity index (χ1n) is 8.71. The molecule has 0 aliphatic heterocycles. The van der Waals surface area contributed by atoms with Crippen molar-refractivity contribution in [2.75, 3.05) is 15.8 Å². The van der Waals surface area contributed by atoms with Crippen molar-refractivity contribution < 1.29 is 23.1 Å². The lowest BCUT2D eigenvalue weighted by molar-refractivity contribution is 0.0696. The Morgan fingerprint density at radius 3 is 2.27 bits per heavy atom. The van der Waals surface area contributed by atoms with Crippen LogP contribution < -0.4 is 15.8 Å². The molecule has 0 saturated heterocycles. The summed E-state index contributed by atoms with van der Waals surface area (Å²) in [4.78, 5) is 27.9. The molecule has 9 nitrogen and oxygen atoms in total. The summed E-state index contributed by atoms with van der Waals surface area (Å²) in [5.74, 6) is -1.02. The number of carboxylic acids is 1. The highest BCUT2D eigenvalue weighted by atomic mass is 32.2. The lowest BCUT2D eigenvalue weighted by Crippen LogP contribution is -2.03. The number of hydrogen-bond donors (Lipinski definition) is 5. The minimum absolute atomic E-state index is 0.135. The quantitative estimate of drug-likeness (QED) is 0.249. The predicted molar refractivity (Wildman–Crippen MR) is 116 cm³/mol. The number of benzene rings is 2. The maximum absolute atomic E-state index is 12.5. The molecule has 0 aliphatic carbocycles. The lowest BCUT2D eigenvalue weighted by atomic mass is 10.1. The first-order chi connectivity index (χ1) is 14.3. The third-order valence-corrected chi connectivity index (χ3v) is 5.57. The average molecular weight is 447 g/mol. The van der Waals surface area contributed by atoms with Crippen LogP contribution in [0.3, 0.4) is 0 Å². The standard InChI is InChI=1S/C19H18N4O5S2/c20-17-16(15(24)10-3-11-1-4-12(5-2-11)18(25)26)29-19(22-17)21-13-6-8-14(9-7-13)23-30(27)28/h1-2,4-9,30H,3,10,20H2,(H,21,22)(H,25,26)(H,23,27,28). The molecule has 2 aromatic carbocycles. The second-order valence-corrected chi connectivity index (χ2v) is 7.97. The normalized spacial score (nSPS) is 10.7. The van der Waals surface area contributed by atoms with Crippen molar-refractivity contribution in [2.45, 2.75) is 12.8 Å². The third kappa shape index (κ3) is 5.55. The number of ketones is 1. The summed E-state index contributed by atoms with van der Waals surface area (Å²) in [7, 11) is -2.73. The number of carboxylic acid groups (broad SMARTS) is 1. The molecule has 3 rings (SSSR count). The van der Waals surface area contributed by atoms with Gasteiger partial charge in [0.05, 0.1) is 5.56 Å². The summed E-state index contributed by atoms with van der Waals surface area (Å²) >= 11 is 1.13. The topological polar surface area (TPSA) is 151 Å². The molecule has 11 heteroatoms. The van der Waals surface area contributed by atoms with Gasteiger partial charge in [-0.3, -0.25) is 9.52 Å². The van der Waals surface area contributed by atoms with Crippen molar-refractivity contribution in [1.29, 1.82) is 0 Å². The summed E-state index contributed by atoms with van der Waals surface area (Å²) < 4.78 is 23.6. The van der Waals surface area contributed by atoms with E-state index in [2.05, 4.69) is 15.0 Å². The number of carbonyl (C=O) groups excluding carboxylic acids is 1. The van der Waals surface area contributed by atoms with Crippen LogP contribution >= 0.6 is 11.3 Å². The van der Waals surface area contributed by atoms with E-state index < -0.39 is 16.9 Å². The van der Waals surface area contributed by atoms with Crippen molar-refractivity contribution in [3.63, 3.8) is 0 Å². The van der Waals surface area contributed by atoms with Crippen molar-refractivity contribution in [3.05, 3.63) is 64.5 Å². The van der Waals surface area contributed by atoms with E-state index in [-0.39, 0.29) is 23.6 Å². The van der Waals surface area contributed by atoms with Gasteiger partial charge in [0.25, 0.3) is 0 Å². The van der Waals surface area contributed by atoms with Crippen LogP contribution in [0.15, 0.2) is 48.5 Å². The number of hydrogen-bond acceptors (Lipinski definition) is 8. The largest absolute Gasteiger partial charge is 0.478 e. The molecule has 0 bridgehead atoms. The minimum atomic E-state index is -2.73. The predicted octanol–water partition coefficient (Wildman–Crippen LogP) is 2.92. The summed E-state index contributed by atoms with van der Waals surface area (Å²) in [6, 6.07) is 12.9. The maximum atomic E-state index is 12.5. The first kappa shape index (κ1) is 21.3. The number of nitrogens with zero attached hydrogens (tertiary/aromatic N) is 1. The molecule has 156 valence electrons. The van der Waals surface area contributed by atoms with Gasteiger partial charge in [-0.25, -0.2) is 18.2 Å². The molecule has 0 atom stereocenters. The molecule has 0 fully saturated rings. The summed E-state index contributed by atoms with van der Waals surface area (Å²) in [6.45, 7) is 0. The van der Waals surface area contributed by atoms with E-state index in [4.69, 9.17) is 10.8 Å². The summed E-state index contributed by atoms with van der Waals surface area (Å²) in [6.07, 6.45) is 0.668. The van der Waals surface area contributed by atoms with E-state index in [9.17, 15) is 18.0 Å². The smallest absolute Gasteiger partial charge is 0.335 e. The van der Waals surface area contributed by atoms with Gasteiger partial charge in [-0.1, -0.05) is 23.5 Å². The Hall–Kier alpha value is -3.44. The number of thiazole rings is 1. The minimum Gasteiger partial charge on any atom is -0.478 e. The fourth-order valence-electron chi connectivity index (χ4n) is 2.63. The SMILES string of the molecule is Nc1nc(Nc2ccc(N[SH](=O)=O)cc2)sc1C(=O)CCc1ccc(C(=O)O)cc1. The number of thiol groups is 1. The summed E-state index contributed by atoms with van der Waals surface area (Å²) in [5.41, 5.74) is 8.03. The van der Waals surface area contributed by atoms with Gasteiger partial charge in [0.2, 0.25) is 10.9 Å². The van der Waals surface area contributed by atoms with Crippen LogP contribution in [0.1, 0.15) is 32.0 Å². The van der Waals surface area contributed by atoms with Gasteiger partial charge >= 0.3 is 5.97 Å². The number of aromatic nitrogens is 1. The fraction of sp³-hybridized carbons (Fsp3) is 0.105. The number of rotatable bonds is 9. The number of Topliss-reactive ketones (excluding diaryl/α,β-unsaturated/α-hetero) is 1. The molecule has 0 radical (unpaired) electrons. The number of nitrogen functional groups attached to an aromatic ring is 1. The fourth-order valence-corrected chi connectivity index (χ4v) is 3.86. The van der Waals surface area contributed by atoms with E-state index in [1.807, 2.05) is 0 Å². The van der Waals surface area contributed by atoms with Crippen LogP contribution in [0.5, 0.6) is 0 Å². The van der Waals surface area contributed by atoms with E-state index in [1.165, 1.54) is 12.1 Å². The van der Waals surface area contributed by atoms with E-state index in [0.29, 0.717) is 27.8 Å². The highest BCUT2D eigenvalue weighted by molar-refractivity contribution is 7.73. The Kier molecular flexibility index (Phi) is 6.65. The van der Waals surface area contributed by atoms with Crippen molar-refractivity contribution in [3.8, 4) is 0 Å². The van der Waals surface area contributed by atoms with E-state index >= 15 is 0 Å². The highest BCUT2D eigenvalue weighted by Gasteiger charge is 2.16. The van der Waals surface area contributed by atoms with Crippen molar-refractivity contribution in [1.82, 2.24) is 4.98 Å². The lowest BCUT2D eigenvalue weighted by Gasteiger charge is -2.03. The average Bonchev–Trinajstić information content (AvgIpc) is 3.07. The zero-order valence-corrected chi connectivity index (χ0v) is 17.2. The number of nitrogens with one attached hydrogen (secondary N) is 2. The number of aryl methyl sites for hydroxylation is 1. The third-order valence-electron chi connectivity index (χ3n) is 4.10. The van der Waals surface area contributed by atoms with Crippen LogP contribution in [0.25, 0.3) is 0 Å². The highest BCUT2D eigenvalue weighted by Crippen LogP contribution is 2.29. The molecule has 3 aromatic rings. The second-order valence-electron chi connectivity index (χ2n) is 6.23. The van der Waals surface area contributed by atoms with Gasteiger partial charge < -0.3 is 16.2 Å². The van der Waals surface area contributed by atoms with Gasteiger partial charge in [0.1, 0.15) is 10.7 Å². The van der Waals surface area contributed by atoms with Crippen LogP contribution in [0.4, 0.5) is 22.3 Å². The molecular weight excluding hydrogens is 428 g/mol. The Morgan fingerprint density at radius 1 is 1.03 bits per heavy atom. The van der Waals surface area contributed by atoms with E-state index in [1.54, 1.807) is 36.4 Å². The Morgan fingerprint density at radius 2 is 1.67 bits per heavy atom. The van der Waals surface area contributed by atoms with Gasteiger partial charge in [0.15, 0.2) is 10.9 Å². The molecule has 0 unspecified atom stereocenters. The Balaban J connectivity index is 1.62. The molecule has 0 spiro atoms. The van der Waals surface area contributed by atoms with Gasteiger partial charge in [-0.15, -0.1) is 0 Å². The number of nitrogens with two attached hydrogens (primary N) is 1. The zero-order chi connectivity index (χ0) is 21.7. The van der Waals surface area contributed by atoms with Crippen molar-refractivity contribution >= 4 is 56.3 Å². The van der Waals surface area contributed by atoms with E-state index in [0.717, 1.165) is 16.9 Å². The molecule has 5 N–H and O–H groups in total. The van der Waals surface area contributed by atoms with Crippen molar-refractivity contribution in [2.24, 2.45) is 0 Å². The maximum Gasteiger partial charge on any atom is 0.335 e. The van der Waals surface area contributed by atoms with Gasteiger partial charge in [0, 0.05) is 17.8 Å². The second kappa shape index (κ2) is 9.37. The van der Waals surface area contributed by atoms with Crippen LogP contribution in [-0.4, -0.2) is 30.3 Å². The zero-order valence-electron chi connectivity index (χ0n) is 15.5. The molecule has 0 saturated carbocycles. The van der Waals surface area contributed by atoms with Gasteiger partial charge in [-0.05, 0) is 48.4 Å². The molecule has 0 amide bonds. The number of carbonyl (C=O) groups is 2. The van der Waals surface area contributed by atoms with Gasteiger partial charge in [-0.2, -0.15) is 0 Å². The van der Waals surface area contributed by atoms with Crippen LogP contribution in [0, 0.1) is 0 Å². The number of anilines is 4.